The molecule has 0 aliphatic carbocycles. The SMILES string of the molecule is O=S(=O)(Cl)c1ccc(Oc2cncc(Br)c2)nc1. The van der Waals surface area contributed by atoms with E-state index in [0.717, 1.165) is 10.7 Å². The molecule has 2 aromatic rings. The maximum absolute atomic E-state index is 11.0. The van der Waals surface area contributed by atoms with E-state index in [4.69, 9.17) is 15.4 Å². The number of hydrogen-bond donors (Lipinski definition) is 0. The smallest absolute Gasteiger partial charge is 0.262 e. The summed E-state index contributed by atoms with van der Waals surface area (Å²) in [4.78, 5) is 7.68. The molecule has 0 radical (unpaired) electrons. The zero-order valence-corrected chi connectivity index (χ0v) is 11.9. The van der Waals surface area contributed by atoms with Crippen molar-refractivity contribution < 1.29 is 13.2 Å². The lowest BCUT2D eigenvalue weighted by molar-refractivity contribution is 0.459. The van der Waals surface area contributed by atoms with Gasteiger partial charge in [0.1, 0.15) is 10.6 Å². The molecule has 5 nitrogen and oxygen atoms in total. The largest absolute Gasteiger partial charge is 0.437 e. The maximum Gasteiger partial charge on any atom is 0.262 e. The molecule has 0 aromatic carbocycles. The minimum absolute atomic E-state index is 0.0797. The van der Waals surface area contributed by atoms with Crippen molar-refractivity contribution in [3.05, 3.63) is 41.3 Å². The summed E-state index contributed by atoms with van der Waals surface area (Å²) in [7, 11) is 1.40. The van der Waals surface area contributed by atoms with E-state index in [-0.39, 0.29) is 10.8 Å². The van der Waals surface area contributed by atoms with Gasteiger partial charge in [0.25, 0.3) is 9.05 Å². The number of aromatic nitrogens is 2. The molecule has 0 saturated carbocycles. The molecule has 8 heteroatoms. The molecule has 0 unspecified atom stereocenters. The average Bonchev–Trinajstić information content (AvgIpc) is 2.28. The van der Waals surface area contributed by atoms with Crippen LogP contribution in [0.15, 0.2) is 46.2 Å². The molecular weight excluding hydrogens is 344 g/mol. The standard InChI is InChI=1S/C10H6BrClN2O3S/c11-7-3-8(5-13-4-7)17-10-2-1-9(6-14-10)18(12,15)16/h1-6H. The van der Waals surface area contributed by atoms with E-state index in [1.54, 1.807) is 12.3 Å². The van der Waals surface area contributed by atoms with Gasteiger partial charge in [-0.1, -0.05) is 0 Å². The number of ether oxygens (including phenoxy) is 1. The first-order valence-corrected chi connectivity index (χ1v) is 7.74. The molecule has 0 aliphatic heterocycles. The predicted octanol–water partition coefficient (Wildman–Crippen LogP) is 2.96. The van der Waals surface area contributed by atoms with Crippen molar-refractivity contribution in [1.82, 2.24) is 9.97 Å². The highest BCUT2D eigenvalue weighted by Gasteiger charge is 2.10. The van der Waals surface area contributed by atoms with Gasteiger partial charge in [-0.2, -0.15) is 0 Å². The first-order chi connectivity index (χ1) is 8.45. The molecule has 0 atom stereocenters. The van der Waals surface area contributed by atoms with Gasteiger partial charge in [-0.15, -0.1) is 0 Å². The lowest BCUT2D eigenvalue weighted by Crippen LogP contribution is -1.93. The molecule has 18 heavy (non-hydrogen) atoms. The van der Waals surface area contributed by atoms with E-state index in [0.29, 0.717) is 5.75 Å². The topological polar surface area (TPSA) is 69.2 Å². The predicted molar refractivity (Wildman–Crippen MR) is 69.3 cm³/mol. The molecule has 0 saturated heterocycles. The van der Waals surface area contributed by atoms with Crippen LogP contribution >= 0.6 is 26.6 Å². The zero-order valence-electron chi connectivity index (χ0n) is 8.75. The van der Waals surface area contributed by atoms with E-state index < -0.39 is 9.05 Å². The van der Waals surface area contributed by atoms with Gasteiger partial charge in [-0.3, -0.25) is 4.98 Å². The Morgan fingerprint density at radius 1 is 1.22 bits per heavy atom. The Kier molecular flexibility index (Phi) is 3.84. The summed E-state index contributed by atoms with van der Waals surface area (Å²) in [6, 6.07) is 4.44. The van der Waals surface area contributed by atoms with E-state index >= 15 is 0 Å². The summed E-state index contributed by atoms with van der Waals surface area (Å²) >= 11 is 3.25. The molecule has 2 rings (SSSR count). The Hall–Kier alpha value is -1.18. The van der Waals surface area contributed by atoms with Crippen LogP contribution in [0.1, 0.15) is 0 Å². The molecule has 0 N–H and O–H groups in total. The van der Waals surface area contributed by atoms with Crippen LogP contribution in [0.2, 0.25) is 0 Å². The fraction of sp³-hybridized carbons (Fsp3) is 0. The van der Waals surface area contributed by atoms with Crippen molar-refractivity contribution in [2.45, 2.75) is 4.90 Å². The van der Waals surface area contributed by atoms with Gasteiger partial charge in [0.2, 0.25) is 5.88 Å². The second-order valence-electron chi connectivity index (χ2n) is 3.21. The molecular formula is C10H6BrClN2O3S. The molecule has 0 fully saturated rings. The Labute approximate surface area is 116 Å². The van der Waals surface area contributed by atoms with Gasteiger partial charge >= 0.3 is 0 Å². The monoisotopic (exact) mass is 348 g/mol. The quantitative estimate of drug-likeness (QED) is 0.797. The minimum atomic E-state index is -3.76. The second kappa shape index (κ2) is 5.21. The van der Waals surface area contributed by atoms with Crippen LogP contribution in [0.4, 0.5) is 0 Å². The van der Waals surface area contributed by atoms with Gasteiger partial charge in [0, 0.05) is 27.4 Å². The second-order valence-corrected chi connectivity index (χ2v) is 6.69. The minimum Gasteiger partial charge on any atom is -0.437 e. The van der Waals surface area contributed by atoms with Crippen LogP contribution in [-0.2, 0) is 9.05 Å². The van der Waals surface area contributed by atoms with E-state index in [9.17, 15) is 8.42 Å². The van der Waals surface area contributed by atoms with Crippen LogP contribution in [0.25, 0.3) is 0 Å². The third-order valence-corrected chi connectivity index (χ3v) is 3.67. The van der Waals surface area contributed by atoms with E-state index in [2.05, 4.69) is 25.9 Å². The fourth-order valence-corrected chi connectivity index (χ4v) is 2.17. The highest BCUT2D eigenvalue weighted by atomic mass is 79.9. The number of nitrogens with zero attached hydrogens (tertiary/aromatic N) is 2. The molecule has 2 aromatic heterocycles. The average molecular weight is 350 g/mol. The van der Waals surface area contributed by atoms with Crippen LogP contribution in [0.5, 0.6) is 11.6 Å². The molecule has 0 bridgehead atoms. The summed E-state index contributed by atoms with van der Waals surface area (Å²) in [5.74, 6) is 0.734. The van der Waals surface area contributed by atoms with Crippen molar-refractivity contribution in [3.8, 4) is 11.6 Å². The lowest BCUT2D eigenvalue weighted by Gasteiger charge is -2.04. The molecule has 0 spiro atoms. The Morgan fingerprint density at radius 2 is 2.00 bits per heavy atom. The van der Waals surface area contributed by atoms with Gasteiger partial charge in [-0.25, -0.2) is 13.4 Å². The van der Waals surface area contributed by atoms with Gasteiger partial charge in [0.05, 0.1) is 12.4 Å². The van der Waals surface area contributed by atoms with Crippen LogP contribution in [0, 0.1) is 0 Å². The third kappa shape index (κ3) is 3.41. The van der Waals surface area contributed by atoms with Gasteiger partial charge in [-0.05, 0) is 28.1 Å². The highest BCUT2D eigenvalue weighted by Crippen LogP contribution is 2.23. The van der Waals surface area contributed by atoms with Crippen molar-refractivity contribution in [2.75, 3.05) is 0 Å². The van der Waals surface area contributed by atoms with Crippen LogP contribution < -0.4 is 4.74 Å². The maximum atomic E-state index is 11.0. The van der Waals surface area contributed by atoms with Crippen LogP contribution in [-0.4, -0.2) is 18.4 Å². The van der Waals surface area contributed by atoms with Crippen molar-refractivity contribution in [1.29, 1.82) is 0 Å². The van der Waals surface area contributed by atoms with Gasteiger partial charge in [0.15, 0.2) is 0 Å². The summed E-state index contributed by atoms with van der Waals surface area (Å²) in [5, 5.41) is 0. The Bertz CT molecular complexity index is 661. The van der Waals surface area contributed by atoms with E-state index in [1.165, 1.54) is 18.3 Å². The van der Waals surface area contributed by atoms with Gasteiger partial charge < -0.3 is 4.74 Å². The molecule has 2 heterocycles. The summed E-state index contributed by atoms with van der Waals surface area (Å²) in [6.07, 6.45) is 4.26. The summed E-state index contributed by atoms with van der Waals surface area (Å²) in [6.45, 7) is 0. The summed E-state index contributed by atoms with van der Waals surface area (Å²) in [5.41, 5.74) is 0. The van der Waals surface area contributed by atoms with Crippen LogP contribution in [0.3, 0.4) is 0 Å². The summed E-state index contributed by atoms with van der Waals surface area (Å²) < 4.78 is 28.2. The first-order valence-electron chi connectivity index (χ1n) is 4.64. The number of hydrogen-bond acceptors (Lipinski definition) is 5. The van der Waals surface area contributed by atoms with E-state index in [1.807, 2.05) is 0 Å². The molecule has 0 aliphatic rings. The highest BCUT2D eigenvalue weighted by molar-refractivity contribution is 9.10. The van der Waals surface area contributed by atoms with Crippen molar-refractivity contribution in [2.24, 2.45) is 0 Å². The van der Waals surface area contributed by atoms with Crippen molar-refractivity contribution in [3.63, 3.8) is 0 Å². The normalized spacial score (nSPS) is 11.2. The fourth-order valence-electron chi connectivity index (χ4n) is 1.14. The zero-order chi connectivity index (χ0) is 13.2. The molecule has 0 amide bonds. The van der Waals surface area contributed by atoms with Crippen molar-refractivity contribution >= 4 is 35.7 Å². The Morgan fingerprint density at radius 3 is 2.56 bits per heavy atom. The number of rotatable bonds is 3. The number of halogens is 2. The number of pyridine rings is 2. The Balaban J connectivity index is 2.21. The third-order valence-electron chi connectivity index (χ3n) is 1.89. The first kappa shape index (κ1) is 13.3. The molecule has 94 valence electrons. The lowest BCUT2D eigenvalue weighted by atomic mass is 10.4.